The highest BCUT2D eigenvalue weighted by Crippen LogP contribution is 2.54. The third-order valence-electron chi connectivity index (χ3n) is 14.2. The molecule has 0 spiro atoms. The molecule has 0 aliphatic carbocycles. The second-order valence-corrected chi connectivity index (χ2v) is 26.1. The van der Waals surface area contributed by atoms with E-state index in [4.69, 9.17) is 70.2 Å². The number of hydrogen-bond donors (Lipinski definition) is 2. The van der Waals surface area contributed by atoms with Crippen molar-refractivity contribution in [3.63, 3.8) is 0 Å². The summed E-state index contributed by atoms with van der Waals surface area (Å²) < 4.78 is 115. The van der Waals surface area contributed by atoms with Crippen molar-refractivity contribution in [2.45, 2.75) is 187 Å². The van der Waals surface area contributed by atoms with E-state index < -0.39 is 21.1 Å². The van der Waals surface area contributed by atoms with Crippen molar-refractivity contribution in [3.8, 4) is 23.0 Å². The molecular weight excluding hydrogens is 1170 g/mol. The summed E-state index contributed by atoms with van der Waals surface area (Å²) in [5.74, 6) is -0.321. The van der Waals surface area contributed by atoms with E-state index in [9.17, 15) is 19.0 Å². The summed E-state index contributed by atoms with van der Waals surface area (Å²) >= 11 is 0. The third-order valence-corrected chi connectivity index (χ3v) is 18.0. The number of carbonyl (C=O) groups excluding carboxylic acids is 1. The molecular formula is C66H119NO19P2. The Morgan fingerprint density at radius 3 is 1.08 bits per heavy atom. The van der Waals surface area contributed by atoms with Gasteiger partial charge < -0.3 is 80.6 Å². The Morgan fingerprint density at radius 2 is 0.716 bits per heavy atom. The van der Waals surface area contributed by atoms with Crippen LogP contribution in [-0.2, 0) is 77.4 Å². The third kappa shape index (κ3) is 43.8. The lowest BCUT2D eigenvalue weighted by atomic mass is 10.1. The highest BCUT2D eigenvalue weighted by atomic mass is 31.2. The molecule has 0 fully saturated rings. The normalized spacial score (nSPS) is 12.4. The van der Waals surface area contributed by atoms with E-state index in [0.29, 0.717) is 116 Å². The molecule has 1 atom stereocenters. The lowest BCUT2D eigenvalue weighted by Crippen LogP contribution is -2.28. The lowest BCUT2D eigenvalue weighted by molar-refractivity contribution is -0.000274. The van der Waals surface area contributed by atoms with Crippen LogP contribution in [0.4, 0.5) is 0 Å². The van der Waals surface area contributed by atoms with E-state index in [-0.39, 0.29) is 74.7 Å². The highest BCUT2D eigenvalue weighted by molar-refractivity contribution is 7.53. The predicted molar refractivity (Wildman–Crippen MR) is 347 cm³/mol. The van der Waals surface area contributed by atoms with Crippen molar-refractivity contribution in [1.82, 2.24) is 5.32 Å². The molecule has 20 nitrogen and oxygen atoms in total. The summed E-state index contributed by atoms with van der Waals surface area (Å²) in [4.78, 5) is 13.9. The molecule has 2 aromatic carbocycles. The summed E-state index contributed by atoms with van der Waals surface area (Å²) in [6, 6.07) is 8.28. The summed E-state index contributed by atoms with van der Waals surface area (Å²) in [7, 11) is -2.64. The van der Waals surface area contributed by atoms with Gasteiger partial charge in [-0.05, 0) is 54.7 Å². The van der Waals surface area contributed by atoms with Gasteiger partial charge in [-0.15, -0.1) is 0 Å². The zero-order chi connectivity index (χ0) is 63.7. The van der Waals surface area contributed by atoms with Crippen LogP contribution >= 0.6 is 15.2 Å². The van der Waals surface area contributed by atoms with Crippen molar-refractivity contribution in [3.05, 3.63) is 47.0 Å². The van der Waals surface area contributed by atoms with Gasteiger partial charge in [0.15, 0.2) is 11.5 Å². The van der Waals surface area contributed by atoms with Gasteiger partial charge in [0.2, 0.25) is 5.75 Å². The number of rotatable bonds is 66. The summed E-state index contributed by atoms with van der Waals surface area (Å²) in [6.45, 7) is 13.3. The highest BCUT2D eigenvalue weighted by Gasteiger charge is 2.28. The first-order valence-corrected chi connectivity index (χ1v) is 36.8. The fourth-order valence-corrected chi connectivity index (χ4v) is 12.3. The van der Waals surface area contributed by atoms with Gasteiger partial charge in [-0.1, -0.05) is 162 Å². The first-order chi connectivity index (χ1) is 43.1. The van der Waals surface area contributed by atoms with Crippen molar-refractivity contribution < 1.29 is 89.2 Å². The quantitative estimate of drug-likeness (QED) is 0.0464. The number of ether oxygens (including phenoxy) is 11. The van der Waals surface area contributed by atoms with Crippen LogP contribution in [0.25, 0.3) is 0 Å². The Labute approximate surface area is 530 Å². The summed E-state index contributed by atoms with van der Waals surface area (Å²) in [5, 5.41) is 14.2. The van der Waals surface area contributed by atoms with Gasteiger partial charge in [0.25, 0.3) is 5.91 Å². The molecule has 512 valence electrons. The minimum atomic E-state index is -3.67. The molecule has 2 rings (SSSR count). The Kier molecular flexibility index (Phi) is 52.4. The Hall–Kier alpha value is -2.91. The van der Waals surface area contributed by atoms with Crippen LogP contribution in [0.1, 0.15) is 196 Å². The number of unbranched alkanes of at least 4 members (excludes halogenated alkanes) is 21. The van der Waals surface area contributed by atoms with E-state index in [1.54, 1.807) is 26.4 Å². The van der Waals surface area contributed by atoms with E-state index in [0.717, 1.165) is 57.8 Å². The van der Waals surface area contributed by atoms with Crippen LogP contribution in [0, 0.1) is 0 Å². The lowest BCUT2D eigenvalue weighted by Gasteiger charge is -2.21. The molecule has 0 aliphatic heterocycles. The number of phenolic OH excluding ortho intramolecular Hbond substituents is 1. The van der Waals surface area contributed by atoms with Gasteiger partial charge in [0.1, 0.15) is 25.6 Å². The number of aromatic hydroxyl groups is 1. The molecule has 0 saturated carbocycles. The van der Waals surface area contributed by atoms with Gasteiger partial charge in [-0.2, -0.15) is 0 Å². The molecule has 22 heteroatoms. The van der Waals surface area contributed by atoms with Gasteiger partial charge in [-0.25, -0.2) is 0 Å². The number of nitrogens with one attached hydrogen (secondary N) is 1. The minimum Gasteiger partial charge on any atom is -0.502 e. The van der Waals surface area contributed by atoms with Crippen LogP contribution in [-0.4, -0.2) is 171 Å². The second-order valence-electron chi connectivity index (χ2n) is 21.9. The smallest absolute Gasteiger partial charge is 0.335 e. The van der Waals surface area contributed by atoms with Crippen molar-refractivity contribution in [2.24, 2.45) is 0 Å². The first kappa shape index (κ1) is 81.2. The molecule has 1 amide bonds. The Bertz CT molecular complexity index is 1980. The molecule has 2 N–H and O–H groups in total. The predicted octanol–water partition coefficient (Wildman–Crippen LogP) is 14.9. The van der Waals surface area contributed by atoms with Crippen LogP contribution in [0.3, 0.4) is 0 Å². The summed E-state index contributed by atoms with van der Waals surface area (Å²) in [5.41, 5.74) is 1.39. The molecule has 1 unspecified atom stereocenters. The zero-order valence-corrected chi connectivity index (χ0v) is 57.1. The van der Waals surface area contributed by atoms with Crippen molar-refractivity contribution in [2.75, 3.05) is 160 Å². The number of hydrogen-bond acceptors (Lipinski definition) is 19. The molecule has 0 bridgehead atoms. The summed E-state index contributed by atoms with van der Waals surface area (Å²) in [6.07, 6.45) is 26.8. The van der Waals surface area contributed by atoms with Gasteiger partial charge >= 0.3 is 15.2 Å². The van der Waals surface area contributed by atoms with Gasteiger partial charge in [-0.3, -0.25) is 13.9 Å². The average Bonchev–Trinajstić information content (AvgIpc) is 3.66. The second kappa shape index (κ2) is 56.8. The largest absolute Gasteiger partial charge is 0.502 e. The van der Waals surface area contributed by atoms with Crippen molar-refractivity contribution in [1.29, 1.82) is 0 Å². The van der Waals surface area contributed by atoms with Crippen LogP contribution in [0.5, 0.6) is 23.0 Å². The molecule has 2 aromatic rings. The molecule has 0 radical (unpaired) electrons. The van der Waals surface area contributed by atoms with Crippen molar-refractivity contribution >= 4 is 21.1 Å². The molecule has 0 saturated heterocycles. The Balaban J connectivity index is 2.28. The first-order valence-electron chi connectivity index (χ1n) is 33.3. The minimum absolute atomic E-state index is 0.0210. The van der Waals surface area contributed by atoms with Gasteiger partial charge in [0, 0.05) is 26.9 Å². The number of amides is 1. The number of phenols is 1. The van der Waals surface area contributed by atoms with E-state index >= 15 is 0 Å². The topological polar surface area (TPSA) is 222 Å². The molecule has 88 heavy (non-hydrogen) atoms. The molecule has 0 aliphatic rings. The standard InChI is InChI=1S/C66H119NO19P2/c1-7-10-13-16-19-22-25-28-32-84-87(70,74-6)57-59-52-60(58-88(71,85-33-29-26-23-20-17-14-11-8-2)86-34-30-27-24-21-18-15-12-9-3)54-62(53-59)81-35-31-67-66(69)61-55-63(82-50-48-79-46-44-77-42-40-75-38-36-72-4)65(68)64(56-61)83-51-49-80-47-45-78-43-41-76-39-37-73-5/h52-56,68H,7-51,57-58H2,1-6H3,(H,67,69). The van der Waals surface area contributed by atoms with Crippen LogP contribution in [0.15, 0.2) is 30.3 Å². The van der Waals surface area contributed by atoms with Crippen LogP contribution < -0.4 is 19.5 Å². The average molecular weight is 1290 g/mol. The van der Waals surface area contributed by atoms with E-state index in [2.05, 4.69) is 26.1 Å². The van der Waals surface area contributed by atoms with E-state index in [1.807, 2.05) is 6.07 Å². The SMILES string of the molecule is CCCCCCCCCCOP(=O)(Cc1cc(CP(=O)(OCCCCCCCCCC)OCCCCCCCCCC)cc(OCCNC(=O)c2cc(OCCOCCOCCOCCOC)c(O)c(OCCOCCOCCOCCOC)c2)c1)OC. The fraction of sp³-hybridized carbons (Fsp3) is 0.803. The van der Waals surface area contributed by atoms with E-state index in [1.165, 1.54) is 116 Å². The maximum Gasteiger partial charge on any atom is 0.335 e. The number of carbonyl (C=O) groups is 1. The monoisotopic (exact) mass is 1290 g/mol. The fourth-order valence-electron chi connectivity index (χ4n) is 9.21. The number of methoxy groups -OCH3 is 2. The van der Waals surface area contributed by atoms with Gasteiger partial charge in [0.05, 0.1) is 131 Å². The maximum atomic E-state index is 14.8. The maximum absolute atomic E-state index is 14.8. The number of benzene rings is 2. The molecule has 0 aromatic heterocycles. The van der Waals surface area contributed by atoms with Crippen LogP contribution in [0.2, 0.25) is 0 Å². The zero-order valence-electron chi connectivity index (χ0n) is 55.3. The Morgan fingerprint density at radius 1 is 0.386 bits per heavy atom. The molecule has 0 heterocycles.